The van der Waals surface area contributed by atoms with Crippen LogP contribution in [0.1, 0.15) is 12.5 Å². The van der Waals surface area contributed by atoms with Crippen LogP contribution in [0.2, 0.25) is 0 Å². The van der Waals surface area contributed by atoms with Crippen molar-refractivity contribution in [2.24, 2.45) is 0 Å². The van der Waals surface area contributed by atoms with Crippen molar-refractivity contribution in [3.8, 4) is 28.6 Å². The van der Waals surface area contributed by atoms with Gasteiger partial charge in [0.05, 0.1) is 6.61 Å². The Morgan fingerprint density at radius 2 is 1.62 bits per heavy atom. The lowest BCUT2D eigenvalue weighted by Crippen LogP contribution is -1.90. The third-order valence-electron chi connectivity index (χ3n) is 3.15. The van der Waals surface area contributed by atoms with Crippen molar-refractivity contribution in [3.63, 3.8) is 0 Å². The first kappa shape index (κ1) is 13.4. The third kappa shape index (κ3) is 2.94. The third-order valence-corrected chi connectivity index (χ3v) is 3.15. The number of rotatable bonds is 4. The molecule has 0 fully saturated rings. The number of aromatic nitrogens is 2. The van der Waals surface area contributed by atoms with Gasteiger partial charge in [0.1, 0.15) is 5.75 Å². The van der Waals surface area contributed by atoms with Crippen LogP contribution in [0.3, 0.4) is 0 Å². The maximum Gasteiger partial charge on any atom is 0.258 e. The molecule has 0 aliphatic rings. The Hall–Kier alpha value is -2.62. The van der Waals surface area contributed by atoms with Gasteiger partial charge < -0.3 is 9.26 Å². The molecule has 1 heterocycles. The van der Waals surface area contributed by atoms with Crippen LogP contribution in [0.4, 0.5) is 0 Å². The SMILES string of the molecule is CCOc1ccc(-c2nc(-c3ccc(C)cc3)no2)cc1. The first-order valence-corrected chi connectivity index (χ1v) is 6.90. The van der Waals surface area contributed by atoms with Gasteiger partial charge in [-0.1, -0.05) is 35.0 Å². The maximum atomic E-state index is 5.42. The largest absolute Gasteiger partial charge is 0.494 e. The minimum Gasteiger partial charge on any atom is -0.494 e. The lowest BCUT2D eigenvalue weighted by atomic mass is 10.1. The number of ether oxygens (including phenoxy) is 1. The van der Waals surface area contributed by atoms with Crippen molar-refractivity contribution in [2.45, 2.75) is 13.8 Å². The molecular weight excluding hydrogens is 264 g/mol. The van der Waals surface area contributed by atoms with Crippen LogP contribution >= 0.6 is 0 Å². The lowest BCUT2D eigenvalue weighted by molar-refractivity contribution is 0.340. The van der Waals surface area contributed by atoms with Crippen LogP contribution < -0.4 is 4.74 Å². The van der Waals surface area contributed by atoms with E-state index in [1.54, 1.807) is 0 Å². The minimum atomic E-state index is 0.508. The molecule has 0 aliphatic carbocycles. The van der Waals surface area contributed by atoms with Crippen LogP contribution in [0.25, 0.3) is 22.8 Å². The van der Waals surface area contributed by atoms with Gasteiger partial charge in [0, 0.05) is 11.1 Å². The molecule has 3 aromatic rings. The van der Waals surface area contributed by atoms with Gasteiger partial charge in [-0.05, 0) is 38.1 Å². The van der Waals surface area contributed by atoms with Gasteiger partial charge in [0.25, 0.3) is 5.89 Å². The summed E-state index contributed by atoms with van der Waals surface area (Å²) in [5, 5.41) is 4.03. The number of hydrogen-bond acceptors (Lipinski definition) is 4. The Morgan fingerprint density at radius 3 is 2.29 bits per heavy atom. The van der Waals surface area contributed by atoms with Gasteiger partial charge in [-0.3, -0.25) is 0 Å². The molecule has 106 valence electrons. The highest BCUT2D eigenvalue weighted by Crippen LogP contribution is 2.24. The number of hydrogen-bond donors (Lipinski definition) is 0. The zero-order chi connectivity index (χ0) is 14.7. The molecule has 4 nitrogen and oxygen atoms in total. The first-order chi connectivity index (χ1) is 10.3. The summed E-state index contributed by atoms with van der Waals surface area (Å²) < 4.78 is 10.7. The molecule has 21 heavy (non-hydrogen) atoms. The van der Waals surface area contributed by atoms with Crippen molar-refractivity contribution >= 4 is 0 Å². The van der Waals surface area contributed by atoms with Gasteiger partial charge in [0.15, 0.2) is 0 Å². The molecule has 0 radical (unpaired) electrons. The Balaban J connectivity index is 1.85. The summed E-state index contributed by atoms with van der Waals surface area (Å²) in [6.07, 6.45) is 0. The van der Waals surface area contributed by atoms with E-state index in [0.29, 0.717) is 18.3 Å². The molecule has 0 aliphatic heterocycles. The predicted molar refractivity (Wildman–Crippen MR) is 81.1 cm³/mol. The molecule has 2 aromatic carbocycles. The summed E-state index contributed by atoms with van der Waals surface area (Å²) in [6.45, 7) is 4.66. The second-order valence-electron chi connectivity index (χ2n) is 4.75. The van der Waals surface area contributed by atoms with E-state index in [2.05, 4.69) is 10.1 Å². The summed E-state index contributed by atoms with van der Waals surface area (Å²) in [7, 11) is 0. The van der Waals surface area contributed by atoms with Crippen LogP contribution in [0.15, 0.2) is 53.1 Å². The Morgan fingerprint density at radius 1 is 0.952 bits per heavy atom. The van der Waals surface area contributed by atoms with Crippen molar-refractivity contribution in [1.29, 1.82) is 0 Å². The van der Waals surface area contributed by atoms with E-state index < -0.39 is 0 Å². The van der Waals surface area contributed by atoms with E-state index in [0.717, 1.165) is 16.9 Å². The highest BCUT2D eigenvalue weighted by atomic mass is 16.5. The van der Waals surface area contributed by atoms with E-state index in [1.165, 1.54) is 5.56 Å². The first-order valence-electron chi connectivity index (χ1n) is 6.90. The fraction of sp³-hybridized carbons (Fsp3) is 0.176. The molecule has 0 spiro atoms. The average molecular weight is 280 g/mol. The summed E-state index contributed by atoms with van der Waals surface area (Å²) in [5.41, 5.74) is 3.03. The molecule has 0 N–H and O–H groups in total. The molecule has 0 saturated carbocycles. The number of aryl methyl sites for hydroxylation is 1. The Bertz CT molecular complexity index is 715. The van der Waals surface area contributed by atoms with E-state index >= 15 is 0 Å². The summed E-state index contributed by atoms with van der Waals surface area (Å²) >= 11 is 0. The molecule has 0 amide bonds. The van der Waals surface area contributed by atoms with Crippen molar-refractivity contribution < 1.29 is 9.26 Å². The average Bonchev–Trinajstić information content (AvgIpc) is 2.99. The van der Waals surface area contributed by atoms with Gasteiger partial charge in [-0.25, -0.2) is 0 Å². The topological polar surface area (TPSA) is 48.2 Å². The highest BCUT2D eigenvalue weighted by molar-refractivity contribution is 5.60. The van der Waals surface area contributed by atoms with E-state index in [-0.39, 0.29) is 0 Å². The van der Waals surface area contributed by atoms with E-state index in [4.69, 9.17) is 9.26 Å². The quantitative estimate of drug-likeness (QED) is 0.721. The zero-order valence-electron chi connectivity index (χ0n) is 12.0. The van der Waals surface area contributed by atoms with Crippen LogP contribution in [-0.2, 0) is 0 Å². The fourth-order valence-corrected chi connectivity index (χ4v) is 2.02. The molecule has 0 unspecified atom stereocenters. The molecule has 4 heteroatoms. The number of nitrogens with zero attached hydrogens (tertiary/aromatic N) is 2. The van der Waals surface area contributed by atoms with Gasteiger partial charge in [-0.15, -0.1) is 0 Å². The minimum absolute atomic E-state index is 0.508. The van der Waals surface area contributed by atoms with Crippen LogP contribution in [0.5, 0.6) is 5.75 Å². The fourth-order valence-electron chi connectivity index (χ4n) is 2.02. The Kier molecular flexibility index (Phi) is 3.69. The smallest absolute Gasteiger partial charge is 0.258 e. The monoisotopic (exact) mass is 280 g/mol. The van der Waals surface area contributed by atoms with Crippen molar-refractivity contribution in [1.82, 2.24) is 10.1 Å². The van der Waals surface area contributed by atoms with Gasteiger partial charge in [0.2, 0.25) is 5.82 Å². The lowest BCUT2D eigenvalue weighted by Gasteiger charge is -2.02. The van der Waals surface area contributed by atoms with Crippen molar-refractivity contribution in [3.05, 3.63) is 54.1 Å². The van der Waals surface area contributed by atoms with Gasteiger partial charge >= 0.3 is 0 Å². The van der Waals surface area contributed by atoms with Gasteiger partial charge in [-0.2, -0.15) is 4.98 Å². The molecule has 3 rings (SSSR count). The maximum absolute atomic E-state index is 5.42. The standard InChI is InChI=1S/C17H16N2O2/c1-3-20-15-10-8-14(9-11-15)17-18-16(19-21-17)13-6-4-12(2)5-7-13/h4-11H,3H2,1-2H3. The molecule has 0 atom stereocenters. The summed E-state index contributed by atoms with van der Waals surface area (Å²) in [4.78, 5) is 4.44. The summed E-state index contributed by atoms with van der Waals surface area (Å²) in [5.74, 6) is 1.94. The second-order valence-corrected chi connectivity index (χ2v) is 4.75. The zero-order valence-corrected chi connectivity index (χ0v) is 12.0. The second kappa shape index (κ2) is 5.79. The highest BCUT2D eigenvalue weighted by Gasteiger charge is 2.10. The van der Waals surface area contributed by atoms with Crippen LogP contribution in [0, 0.1) is 6.92 Å². The molecule has 1 aromatic heterocycles. The molecular formula is C17H16N2O2. The molecule has 0 saturated heterocycles. The Labute approximate surface area is 123 Å². The normalized spacial score (nSPS) is 10.6. The molecule has 0 bridgehead atoms. The predicted octanol–water partition coefficient (Wildman–Crippen LogP) is 4.11. The van der Waals surface area contributed by atoms with Crippen LogP contribution in [-0.4, -0.2) is 16.7 Å². The number of benzene rings is 2. The van der Waals surface area contributed by atoms with E-state index in [1.807, 2.05) is 62.4 Å². The van der Waals surface area contributed by atoms with Crippen molar-refractivity contribution in [2.75, 3.05) is 6.61 Å². The van der Waals surface area contributed by atoms with E-state index in [9.17, 15) is 0 Å². The summed E-state index contributed by atoms with van der Waals surface area (Å²) in [6, 6.07) is 15.7.